The number of hydrogen-bond donors (Lipinski definition) is 2. The summed E-state index contributed by atoms with van der Waals surface area (Å²) >= 11 is 0. The van der Waals surface area contributed by atoms with E-state index in [-0.39, 0.29) is 5.54 Å². The molecule has 3 rings (SSSR count). The first-order chi connectivity index (χ1) is 15.7. The van der Waals surface area contributed by atoms with E-state index in [0.717, 1.165) is 60.4 Å². The minimum Gasteiger partial charge on any atom is -0.497 e. The average Bonchev–Trinajstić information content (AvgIpc) is 2.80. The molecule has 0 saturated heterocycles. The van der Waals surface area contributed by atoms with E-state index in [1.807, 2.05) is 39.0 Å². The van der Waals surface area contributed by atoms with Crippen LogP contribution in [0.25, 0.3) is 11.1 Å². The van der Waals surface area contributed by atoms with Gasteiger partial charge >= 0.3 is 6.09 Å². The van der Waals surface area contributed by atoms with Crippen molar-refractivity contribution in [2.75, 3.05) is 20.8 Å². The Balaban J connectivity index is 1.58. The number of hydrogen-bond acceptors (Lipinski definition) is 4. The van der Waals surface area contributed by atoms with Crippen LogP contribution in [0.5, 0.6) is 11.5 Å². The van der Waals surface area contributed by atoms with Gasteiger partial charge < -0.3 is 24.8 Å². The molecule has 0 aliphatic heterocycles. The van der Waals surface area contributed by atoms with E-state index in [0.29, 0.717) is 18.5 Å². The van der Waals surface area contributed by atoms with Crippen molar-refractivity contribution in [3.05, 3.63) is 48.0 Å². The standard InChI is InChI=1S/C27H38N2O4/c1-27(2,3)29(26(30)31)18-19-6-11-23(12-7-19)28-17-22-16-21(10-15-25(22)33-5)20-8-13-24(32-4)14-9-20/h8-10,13-16,19,23,28H,6-7,11-12,17-18H2,1-5H3,(H,30,31). The summed E-state index contributed by atoms with van der Waals surface area (Å²) in [6.45, 7) is 7.24. The SMILES string of the molecule is COc1ccc(-c2ccc(OC)c(CNC3CCC(CN(C(=O)O)C(C)(C)C)CC3)c2)cc1. The van der Waals surface area contributed by atoms with Crippen molar-refractivity contribution < 1.29 is 19.4 Å². The van der Waals surface area contributed by atoms with Gasteiger partial charge in [0.05, 0.1) is 14.2 Å². The van der Waals surface area contributed by atoms with Crippen LogP contribution in [0.15, 0.2) is 42.5 Å². The van der Waals surface area contributed by atoms with E-state index in [2.05, 4.69) is 29.6 Å². The highest BCUT2D eigenvalue weighted by atomic mass is 16.5. The number of amides is 1. The first-order valence-electron chi connectivity index (χ1n) is 11.8. The number of nitrogens with zero attached hydrogens (tertiary/aromatic N) is 1. The van der Waals surface area contributed by atoms with Crippen molar-refractivity contribution in [3.63, 3.8) is 0 Å². The van der Waals surface area contributed by atoms with Gasteiger partial charge in [-0.3, -0.25) is 0 Å². The van der Waals surface area contributed by atoms with E-state index < -0.39 is 6.09 Å². The summed E-state index contributed by atoms with van der Waals surface area (Å²) < 4.78 is 10.9. The van der Waals surface area contributed by atoms with Crippen LogP contribution in [0, 0.1) is 5.92 Å². The van der Waals surface area contributed by atoms with E-state index in [4.69, 9.17) is 9.47 Å². The quantitative estimate of drug-likeness (QED) is 0.528. The number of rotatable bonds is 8. The van der Waals surface area contributed by atoms with Gasteiger partial charge in [-0.25, -0.2) is 4.79 Å². The number of benzene rings is 2. The summed E-state index contributed by atoms with van der Waals surface area (Å²) in [6.07, 6.45) is 3.37. The molecule has 6 nitrogen and oxygen atoms in total. The molecule has 0 radical (unpaired) electrons. The molecule has 1 fully saturated rings. The van der Waals surface area contributed by atoms with Crippen molar-refractivity contribution in [1.29, 1.82) is 0 Å². The predicted molar refractivity (Wildman–Crippen MR) is 132 cm³/mol. The molecular weight excluding hydrogens is 416 g/mol. The Labute approximate surface area is 197 Å². The van der Waals surface area contributed by atoms with Crippen LogP contribution in [-0.2, 0) is 6.54 Å². The lowest BCUT2D eigenvalue weighted by molar-refractivity contribution is 0.0812. The molecule has 1 amide bonds. The van der Waals surface area contributed by atoms with Crippen molar-refractivity contribution in [2.24, 2.45) is 5.92 Å². The van der Waals surface area contributed by atoms with E-state index in [9.17, 15) is 9.90 Å². The fourth-order valence-electron chi connectivity index (χ4n) is 4.58. The minimum absolute atomic E-state index is 0.369. The summed E-state index contributed by atoms with van der Waals surface area (Å²) in [7, 11) is 3.38. The third kappa shape index (κ3) is 6.64. The third-order valence-corrected chi connectivity index (χ3v) is 6.61. The highest BCUT2D eigenvalue weighted by Crippen LogP contribution is 2.30. The summed E-state index contributed by atoms with van der Waals surface area (Å²) in [5.41, 5.74) is 3.06. The maximum Gasteiger partial charge on any atom is 0.407 e. The maximum atomic E-state index is 11.7. The Morgan fingerprint density at radius 2 is 1.64 bits per heavy atom. The summed E-state index contributed by atoms with van der Waals surface area (Å²) in [4.78, 5) is 13.2. The molecule has 0 unspecified atom stereocenters. The number of methoxy groups -OCH3 is 2. The molecule has 2 aromatic rings. The van der Waals surface area contributed by atoms with Crippen molar-refractivity contribution >= 4 is 6.09 Å². The van der Waals surface area contributed by atoms with Gasteiger partial charge in [-0.1, -0.05) is 18.2 Å². The minimum atomic E-state index is -0.827. The summed E-state index contributed by atoms with van der Waals surface area (Å²) in [5.74, 6) is 2.15. The molecular formula is C27H38N2O4. The molecule has 2 N–H and O–H groups in total. The van der Waals surface area contributed by atoms with Crippen molar-refractivity contribution in [3.8, 4) is 22.6 Å². The normalized spacial score (nSPS) is 18.6. The lowest BCUT2D eigenvalue weighted by Gasteiger charge is -2.38. The Bertz CT molecular complexity index is 913. The van der Waals surface area contributed by atoms with Crippen LogP contribution >= 0.6 is 0 Å². The maximum absolute atomic E-state index is 11.7. The van der Waals surface area contributed by atoms with Gasteiger partial charge in [0.1, 0.15) is 11.5 Å². The molecule has 0 spiro atoms. The van der Waals surface area contributed by atoms with Crippen LogP contribution in [-0.4, -0.2) is 48.4 Å². The van der Waals surface area contributed by atoms with Gasteiger partial charge in [-0.2, -0.15) is 0 Å². The van der Waals surface area contributed by atoms with Crippen molar-refractivity contribution in [1.82, 2.24) is 10.2 Å². The Morgan fingerprint density at radius 3 is 2.18 bits per heavy atom. The summed E-state index contributed by atoms with van der Waals surface area (Å²) in [6, 6.07) is 14.8. The topological polar surface area (TPSA) is 71.0 Å². The number of ether oxygens (including phenoxy) is 2. The van der Waals surface area contributed by atoms with Crippen molar-refractivity contribution in [2.45, 2.75) is 64.6 Å². The lowest BCUT2D eigenvalue weighted by Crippen LogP contribution is -2.48. The molecule has 33 heavy (non-hydrogen) atoms. The second-order valence-corrected chi connectivity index (χ2v) is 9.92. The van der Waals surface area contributed by atoms with Gasteiger partial charge in [-0.05, 0) is 87.8 Å². The molecule has 0 atom stereocenters. The smallest absolute Gasteiger partial charge is 0.407 e. The van der Waals surface area contributed by atoms with Gasteiger partial charge in [0.2, 0.25) is 0 Å². The van der Waals surface area contributed by atoms with Crippen LogP contribution in [0.1, 0.15) is 52.0 Å². The van der Waals surface area contributed by atoms with Gasteiger partial charge in [0.15, 0.2) is 0 Å². The Morgan fingerprint density at radius 1 is 1.00 bits per heavy atom. The molecule has 0 bridgehead atoms. The van der Waals surface area contributed by atoms with E-state index >= 15 is 0 Å². The number of nitrogens with one attached hydrogen (secondary N) is 1. The molecule has 0 aromatic heterocycles. The molecule has 1 saturated carbocycles. The fraction of sp³-hybridized carbons (Fsp3) is 0.519. The molecule has 6 heteroatoms. The predicted octanol–water partition coefficient (Wildman–Crippen LogP) is 5.80. The second-order valence-electron chi connectivity index (χ2n) is 9.92. The molecule has 0 heterocycles. The molecule has 1 aliphatic rings. The zero-order valence-corrected chi connectivity index (χ0v) is 20.6. The van der Waals surface area contributed by atoms with E-state index in [1.54, 1.807) is 19.1 Å². The Hall–Kier alpha value is -2.73. The molecule has 2 aromatic carbocycles. The lowest BCUT2D eigenvalue weighted by atomic mass is 9.85. The average molecular weight is 455 g/mol. The zero-order chi connectivity index (χ0) is 24.0. The Kier molecular flexibility index (Phi) is 8.25. The summed E-state index contributed by atoms with van der Waals surface area (Å²) in [5, 5.41) is 13.3. The number of carbonyl (C=O) groups is 1. The first-order valence-corrected chi connectivity index (χ1v) is 11.8. The molecule has 1 aliphatic carbocycles. The monoisotopic (exact) mass is 454 g/mol. The van der Waals surface area contributed by atoms with Gasteiger partial charge in [0, 0.05) is 30.2 Å². The van der Waals surface area contributed by atoms with Gasteiger partial charge in [0.25, 0.3) is 0 Å². The molecule has 180 valence electrons. The van der Waals surface area contributed by atoms with Crippen LogP contribution < -0.4 is 14.8 Å². The third-order valence-electron chi connectivity index (χ3n) is 6.61. The van der Waals surface area contributed by atoms with Crippen LogP contribution in [0.3, 0.4) is 0 Å². The highest BCUT2D eigenvalue weighted by Gasteiger charge is 2.30. The second kappa shape index (κ2) is 10.9. The number of carboxylic acid groups (broad SMARTS) is 1. The first kappa shape index (κ1) is 24.9. The zero-order valence-electron chi connectivity index (χ0n) is 20.6. The van der Waals surface area contributed by atoms with Crippen LogP contribution in [0.4, 0.5) is 4.79 Å². The highest BCUT2D eigenvalue weighted by molar-refractivity contribution is 5.67. The fourth-order valence-corrected chi connectivity index (χ4v) is 4.58. The van der Waals surface area contributed by atoms with Crippen LogP contribution in [0.2, 0.25) is 0 Å². The largest absolute Gasteiger partial charge is 0.497 e. The van der Waals surface area contributed by atoms with Gasteiger partial charge in [-0.15, -0.1) is 0 Å². The van der Waals surface area contributed by atoms with E-state index in [1.165, 1.54) is 0 Å².